The number of hydrogen-bond donors (Lipinski definition) is 1. The van der Waals surface area contributed by atoms with E-state index in [9.17, 15) is 4.79 Å². The van der Waals surface area contributed by atoms with Gasteiger partial charge in [-0.05, 0) is 44.6 Å². The average Bonchev–Trinajstić information content (AvgIpc) is 2.49. The fourth-order valence-electron chi connectivity index (χ4n) is 2.76. The summed E-state index contributed by atoms with van der Waals surface area (Å²) in [5.41, 5.74) is 0. The summed E-state index contributed by atoms with van der Waals surface area (Å²) in [5, 5.41) is 3.40. The van der Waals surface area contributed by atoms with Gasteiger partial charge in [0.2, 0.25) is 5.91 Å². The molecule has 1 aliphatic rings. The summed E-state index contributed by atoms with van der Waals surface area (Å²) in [6, 6.07) is 0.506. The zero-order valence-corrected chi connectivity index (χ0v) is 12.5. The van der Waals surface area contributed by atoms with Crippen LogP contribution < -0.4 is 5.32 Å². The average molecular weight is 254 g/mol. The van der Waals surface area contributed by atoms with Gasteiger partial charge >= 0.3 is 0 Å². The number of carbonyl (C=O) groups excluding carboxylic acids is 1. The van der Waals surface area contributed by atoms with E-state index in [1.807, 2.05) is 0 Å². The standard InChI is InChI=1S/C15H30N2O/c1-5-16-13(4)8-10-17-11-9-14(12(2)3)6-7-15(17)18/h12-14,16H,5-11H2,1-4H3. The minimum Gasteiger partial charge on any atom is -0.343 e. The lowest BCUT2D eigenvalue weighted by Gasteiger charge is -2.23. The predicted octanol–water partition coefficient (Wildman–Crippen LogP) is 2.66. The third kappa shape index (κ3) is 4.97. The molecule has 2 atom stereocenters. The highest BCUT2D eigenvalue weighted by atomic mass is 16.2. The highest BCUT2D eigenvalue weighted by Crippen LogP contribution is 2.25. The van der Waals surface area contributed by atoms with Crippen LogP contribution in [0.5, 0.6) is 0 Å². The van der Waals surface area contributed by atoms with Crippen molar-refractivity contribution in [2.24, 2.45) is 11.8 Å². The van der Waals surface area contributed by atoms with Gasteiger partial charge in [-0.3, -0.25) is 4.79 Å². The number of nitrogens with one attached hydrogen (secondary N) is 1. The Bertz CT molecular complexity index is 253. The van der Waals surface area contributed by atoms with Crippen molar-refractivity contribution in [2.45, 2.75) is 59.4 Å². The van der Waals surface area contributed by atoms with Gasteiger partial charge in [0.15, 0.2) is 0 Å². The maximum atomic E-state index is 12.1. The topological polar surface area (TPSA) is 32.3 Å². The molecule has 0 bridgehead atoms. The lowest BCUT2D eigenvalue weighted by atomic mass is 9.89. The molecule has 0 radical (unpaired) electrons. The largest absolute Gasteiger partial charge is 0.343 e. The summed E-state index contributed by atoms with van der Waals surface area (Å²) < 4.78 is 0. The normalized spacial score (nSPS) is 23.3. The van der Waals surface area contributed by atoms with Crippen molar-refractivity contribution in [1.29, 1.82) is 0 Å². The molecule has 1 saturated heterocycles. The van der Waals surface area contributed by atoms with Crippen molar-refractivity contribution in [3.8, 4) is 0 Å². The van der Waals surface area contributed by atoms with Crippen LogP contribution in [0.4, 0.5) is 0 Å². The SMILES string of the molecule is CCNC(C)CCN1CCC(C(C)C)CCC1=O. The number of rotatable bonds is 6. The molecule has 1 aliphatic heterocycles. The molecule has 0 aliphatic carbocycles. The van der Waals surface area contributed by atoms with Crippen LogP contribution in [-0.4, -0.2) is 36.5 Å². The van der Waals surface area contributed by atoms with Crippen molar-refractivity contribution in [2.75, 3.05) is 19.6 Å². The number of hydrogen-bond acceptors (Lipinski definition) is 2. The summed E-state index contributed by atoms with van der Waals surface area (Å²) in [4.78, 5) is 14.1. The van der Waals surface area contributed by atoms with Crippen LogP contribution in [0.3, 0.4) is 0 Å². The van der Waals surface area contributed by atoms with Gasteiger partial charge in [0, 0.05) is 25.6 Å². The second kappa shape index (κ2) is 7.78. The van der Waals surface area contributed by atoms with Crippen LogP contribution in [0.2, 0.25) is 0 Å². The lowest BCUT2D eigenvalue weighted by Crippen LogP contribution is -2.35. The molecule has 0 saturated carbocycles. The van der Waals surface area contributed by atoms with Gasteiger partial charge in [-0.15, -0.1) is 0 Å². The first-order valence-corrected chi connectivity index (χ1v) is 7.55. The van der Waals surface area contributed by atoms with E-state index in [1.165, 1.54) is 6.42 Å². The molecule has 1 rings (SSSR count). The van der Waals surface area contributed by atoms with E-state index in [4.69, 9.17) is 0 Å². The van der Waals surface area contributed by atoms with Gasteiger partial charge in [0.05, 0.1) is 0 Å². The molecule has 18 heavy (non-hydrogen) atoms. The van der Waals surface area contributed by atoms with Crippen LogP contribution >= 0.6 is 0 Å². The van der Waals surface area contributed by atoms with E-state index in [0.29, 0.717) is 17.9 Å². The van der Waals surface area contributed by atoms with Crippen LogP contribution in [0, 0.1) is 11.8 Å². The number of amides is 1. The third-order valence-electron chi connectivity index (χ3n) is 4.18. The van der Waals surface area contributed by atoms with Gasteiger partial charge in [-0.1, -0.05) is 20.8 Å². The number of carbonyl (C=O) groups is 1. The van der Waals surface area contributed by atoms with Gasteiger partial charge in [0.25, 0.3) is 0 Å². The lowest BCUT2D eigenvalue weighted by molar-refractivity contribution is -0.130. The van der Waals surface area contributed by atoms with Crippen molar-refractivity contribution >= 4 is 5.91 Å². The Morgan fingerprint density at radius 2 is 2.06 bits per heavy atom. The summed E-state index contributed by atoms with van der Waals surface area (Å²) in [6.45, 7) is 11.8. The Morgan fingerprint density at radius 3 is 2.67 bits per heavy atom. The van der Waals surface area contributed by atoms with Crippen molar-refractivity contribution < 1.29 is 4.79 Å². The summed E-state index contributed by atoms with van der Waals surface area (Å²) in [7, 11) is 0. The Labute approximate surface area is 112 Å². The monoisotopic (exact) mass is 254 g/mol. The van der Waals surface area contributed by atoms with Crippen molar-refractivity contribution in [3.05, 3.63) is 0 Å². The molecule has 3 heteroatoms. The maximum Gasteiger partial charge on any atom is 0.222 e. The molecule has 1 N–H and O–H groups in total. The molecule has 0 spiro atoms. The first-order valence-electron chi connectivity index (χ1n) is 7.55. The van der Waals surface area contributed by atoms with Crippen LogP contribution in [-0.2, 0) is 4.79 Å². The smallest absolute Gasteiger partial charge is 0.222 e. The zero-order valence-electron chi connectivity index (χ0n) is 12.5. The highest BCUT2D eigenvalue weighted by molar-refractivity contribution is 5.76. The molecule has 1 fully saturated rings. The highest BCUT2D eigenvalue weighted by Gasteiger charge is 2.24. The van der Waals surface area contributed by atoms with Crippen LogP contribution in [0.1, 0.15) is 53.4 Å². The van der Waals surface area contributed by atoms with Crippen molar-refractivity contribution in [1.82, 2.24) is 10.2 Å². The van der Waals surface area contributed by atoms with E-state index in [1.54, 1.807) is 0 Å². The van der Waals surface area contributed by atoms with Gasteiger partial charge < -0.3 is 10.2 Å². The quantitative estimate of drug-likeness (QED) is 0.790. The fourth-order valence-corrected chi connectivity index (χ4v) is 2.76. The summed E-state index contributed by atoms with van der Waals surface area (Å²) >= 11 is 0. The minimum absolute atomic E-state index is 0.363. The first-order chi connectivity index (χ1) is 8.54. The minimum atomic E-state index is 0.363. The molecule has 0 aromatic carbocycles. The molecular weight excluding hydrogens is 224 g/mol. The van der Waals surface area contributed by atoms with E-state index in [2.05, 4.69) is 37.9 Å². The van der Waals surface area contributed by atoms with Crippen LogP contribution in [0.15, 0.2) is 0 Å². The molecule has 1 heterocycles. The molecule has 106 valence electrons. The first kappa shape index (κ1) is 15.5. The van der Waals surface area contributed by atoms with Gasteiger partial charge in [-0.25, -0.2) is 0 Å². The second-order valence-corrected chi connectivity index (χ2v) is 5.96. The van der Waals surface area contributed by atoms with Crippen molar-refractivity contribution in [3.63, 3.8) is 0 Å². The predicted molar refractivity (Wildman–Crippen MR) is 76.5 cm³/mol. The van der Waals surface area contributed by atoms with E-state index in [0.717, 1.165) is 44.8 Å². The molecular formula is C15H30N2O. The fraction of sp³-hybridized carbons (Fsp3) is 0.933. The zero-order chi connectivity index (χ0) is 13.5. The van der Waals surface area contributed by atoms with Crippen LogP contribution in [0.25, 0.3) is 0 Å². The number of nitrogens with zero attached hydrogens (tertiary/aromatic N) is 1. The summed E-state index contributed by atoms with van der Waals surface area (Å²) in [6.07, 6.45) is 4.07. The summed E-state index contributed by atoms with van der Waals surface area (Å²) in [5.74, 6) is 1.80. The molecule has 3 nitrogen and oxygen atoms in total. The van der Waals surface area contributed by atoms with E-state index in [-0.39, 0.29) is 0 Å². The second-order valence-electron chi connectivity index (χ2n) is 5.96. The molecule has 2 unspecified atom stereocenters. The Morgan fingerprint density at radius 1 is 1.33 bits per heavy atom. The van der Waals surface area contributed by atoms with E-state index >= 15 is 0 Å². The Hall–Kier alpha value is -0.570. The van der Waals surface area contributed by atoms with Gasteiger partial charge in [0.1, 0.15) is 0 Å². The van der Waals surface area contributed by atoms with E-state index < -0.39 is 0 Å². The number of likely N-dealkylation sites (tertiary alicyclic amines) is 1. The Balaban J connectivity index is 2.38. The van der Waals surface area contributed by atoms with Gasteiger partial charge in [-0.2, -0.15) is 0 Å². The maximum absolute atomic E-state index is 12.1. The molecule has 0 aromatic heterocycles. The Kier molecular flexibility index (Phi) is 6.69. The molecule has 0 aromatic rings. The molecule has 1 amide bonds. The third-order valence-corrected chi connectivity index (χ3v) is 4.18.